The quantitative estimate of drug-likeness (QED) is 0.943. The number of pyridine rings is 1. The third-order valence-corrected chi connectivity index (χ3v) is 4.79. The minimum atomic E-state index is -0.769. The summed E-state index contributed by atoms with van der Waals surface area (Å²) in [4.78, 5) is 6.74. The first-order valence-electron chi connectivity index (χ1n) is 7.66. The Kier molecular flexibility index (Phi) is 4.48. The Morgan fingerprint density at radius 2 is 1.82 bits per heavy atom. The molecule has 22 heavy (non-hydrogen) atoms. The monoisotopic (exact) mass is 316 g/mol. The van der Waals surface area contributed by atoms with Crippen LogP contribution in [0.3, 0.4) is 0 Å². The van der Waals surface area contributed by atoms with Crippen molar-refractivity contribution in [1.82, 2.24) is 9.88 Å². The lowest BCUT2D eigenvalue weighted by Crippen LogP contribution is -2.47. The van der Waals surface area contributed by atoms with Crippen LogP contribution in [0.2, 0.25) is 5.02 Å². The summed E-state index contributed by atoms with van der Waals surface area (Å²) in [7, 11) is 2.09. The Balaban J connectivity index is 2.01. The fourth-order valence-corrected chi connectivity index (χ4v) is 3.37. The Morgan fingerprint density at radius 1 is 1.14 bits per heavy atom. The predicted octanol–water partition coefficient (Wildman–Crippen LogP) is 3.32. The maximum absolute atomic E-state index is 11.3. The van der Waals surface area contributed by atoms with Crippen LogP contribution >= 0.6 is 11.6 Å². The Bertz CT molecular complexity index is 607. The summed E-state index contributed by atoms with van der Waals surface area (Å²) in [6, 6.07) is 13.9. The molecular weight excluding hydrogens is 296 g/mol. The van der Waals surface area contributed by atoms with Crippen molar-refractivity contribution in [3.8, 4) is 0 Å². The molecular formula is C18H21ClN2O. The van der Waals surface area contributed by atoms with Crippen LogP contribution in [0, 0.1) is 0 Å². The zero-order chi connectivity index (χ0) is 15.6. The molecule has 0 saturated carbocycles. The third kappa shape index (κ3) is 3.17. The molecule has 0 radical (unpaired) electrons. The van der Waals surface area contributed by atoms with E-state index in [9.17, 15) is 5.11 Å². The predicted molar refractivity (Wildman–Crippen MR) is 89.2 cm³/mol. The van der Waals surface area contributed by atoms with Gasteiger partial charge >= 0.3 is 0 Å². The number of nitrogens with zero attached hydrogens (tertiary/aromatic N) is 2. The van der Waals surface area contributed by atoms with Crippen molar-refractivity contribution in [1.29, 1.82) is 0 Å². The fraction of sp³-hybridized carbons (Fsp3) is 0.389. The van der Waals surface area contributed by atoms with E-state index >= 15 is 0 Å². The molecule has 1 aliphatic rings. The number of hydrogen-bond acceptors (Lipinski definition) is 3. The second-order valence-corrected chi connectivity index (χ2v) is 6.59. The van der Waals surface area contributed by atoms with Crippen LogP contribution in [0.15, 0.2) is 48.7 Å². The second kappa shape index (κ2) is 6.37. The molecule has 0 bridgehead atoms. The lowest BCUT2D eigenvalue weighted by Gasteiger charge is -2.42. The van der Waals surface area contributed by atoms with Gasteiger partial charge in [0.25, 0.3) is 0 Å². The number of rotatable bonds is 3. The topological polar surface area (TPSA) is 36.4 Å². The highest BCUT2D eigenvalue weighted by molar-refractivity contribution is 6.30. The average Bonchev–Trinajstić information content (AvgIpc) is 2.54. The molecule has 1 atom stereocenters. The van der Waals surface area contributed by atoms with Gasteiger partial charge in [0, 0.05) is 19.3 Å². The van der Waals surface area contributed by atoms with Gasteiger partial charge in [-0.05, 0) is 37.6 Å². The largest absolute Gasteiger partial charge is 0.389 e. The molecule has 1 fully saturated rings. The Hall–Kier alpha value is -1.42. The minimum absolute atomic E-state index is 0.125. The number of aliphatic hydroxyl groups is 1. The highest BCUT2D eigenvalue weighted by Crippen LogP contribution is 2.40. The molecule has 116 valence electrons. The first kappa shape index (κ1) is 15.5. The van der Waals surface area contributed by atoms with E-state index in [0.717, 1.165) is 37.2 Å². The van der Waals surface area contributed by atoms with Crippen molar-refractivity contribution in [3.05, 3.63) is 64.9 Å². The molecule has 1 aliphatic heterocycles. The summed E-state index contributed by atoms with van der Waals surface area (Å²) < 4.78 is 0. The van der Waals surface area contributed by atoms with Gasteiger partial charge in [0.05, 0.1) is 22.2 Å². The van der Waals surface area contributed by atoms with Crippen molar-refractivity contribution in [2.24, 2.45) is 0 Å². The first-order valence-corrected chi connectivity index (χ1v) is 8.04. The fourth-order valence-electron chi connectivity index (χ4n) is 3.25. The number of aromatic nitrogens is 1. The smallest absolute Gasteiger partial charge is 0.0796 e. The molecule has 1 saturated heterocycles. The molecule has 3 nitrogen and oxygen atoms in total. The summed E-state index contributed by atoms with van der Waals surface area (Å²) >= 11 is 5.97. The molecule has 1 unspecified atom stereocenters. The van der Waals surface area contributed by atoms with E-state index < -0.39 is 5.60 Å². The molecule has 4 heteroatoms. The van der Waals surface area contributed by atoms with Gasteiger partial charge in [-0.25, -0.2) is 0 Å². The SMILES string of the molecule is CN1CCC(O)(C(c2ccccc2)c2ccc(Cl)cn2)CC1. The van der Waals surface area contributed by atoms with Crippen LogP contribution in [0.1, 0.15) is 30.0 Å². The van der Waals surface area contributed by atoms with Crippen LogP contribution in [0.25, 0.3) is 0 Å². The van der Waals surface area contributed by atoms with Gasteiger partial charge in [0.15, 0.2) is 0 Å². The zero-order valence-corrected chi connectivity index (χ0v) is 13.5. The molecule has 2 heterocycles. The van der Waals surface area contributed by atoms with E-state index in [1.165, 1.54) is 0 Å². The van der Waals surface area contributed by atoms with Crippen LogP contribution in [-0.4, -0.2) is 40.7 Å². The van der Waals surface area contributed by atoms with Gasteiger partial charge in [-0.1, -0.05) is 41.9 Å². The molecule has 0 aliphatic carbocycles. The standard InChI is InChI=1S/C18H21ClN2O/c1-21-11-9-18(22,10-12-21)17(14-5-3-2-4-6-14)16-8-7-15(19)13-20-16/h2-8,13,17,22H,9-12H2,1H3. The van der Waals surface area contributed by atoms with Crippen molar-refractivity contribution in [2.45, 2.75) is 24.4 Å². The summed E-state index contributed by atoms with van der Waals surface area (Å²) in [5, 5.41) is 11.9. The van der Waals surface area contributed by atoms with Gasteiger partial charge in [-0.3, -0.25) is 4.98 Å². The molecule has 3 rings (SSSR count). The van der Waals surface area contributed by atoms with E-state index in [2.05, 4.69) is 29.1 Å². The van der Waals surface area contributed by atoms with Crippen LogP contribution in [-0.2, 0) is 0 Å². The van der Waals surface area contributed by atoms with E-state index in [1.807, 2.05) is 30.3 Å². The summed E-state index contributed by atoms with van der Waals surface area (Å²) in [6.45, 7) is 1.79. The lowest BCUT2D eigenvalue weighted by molar-refractivity contribution is -0.0297. The molecule has 1 aromatic carbocycles. The Morgan fingerprint density at radius 3 is 2.41 bits per heavy atom. The van der Waals surface area contributed by atoms with Crippen molar-refractivity contribution in [2.75, 3.05) is 20.1 Å². The summed E-state index contributed by atoms with van der Waals surface area (Å²) in [5.74, 6) is -0.125. The van der Waals surface area contributed by atoms with Gasteiger partial charge in [-0.15, -0.1) is 0 Å². The van der Waals surface area contributed by atoms with Gasteiger partial charge in [0.1, 0.15) is 0 Å². The molecule has 2 aromatic rings. The van der Waals surface area contributed by atoms with Crippen LogP contribution in [0.4, 0.5) is 0 Å². The normalized spacial score (nSPS) is 19.8. The molecule has 0 amide bonds. The molecule has 0 spiro atoms. The van der Waals surface area contributed by atoms with Gasteiger partial charge in [0.2, 0.25) is 0 Å². The van der Waals surface area contributed by atoms with E-state index in [4.69, 9.17) is 11.6 Å². The summed E-state index contributed by atoms with van der Waals surface area (Å²) in [6.07, 6.45) is 3.14. The van der Waals surface area contributed by atoms with Crippen molar-refractivity contribution in [3.63, 3.8) is 0 Å². The maximum Gasteiger partial charge on any atom is 0.0796 e. The van der Waals surface area contributed by atoms with Crippen LogP contribution in [0.5, 0.6) is 0 Å². The number of halogens is 1. The first-order chi connectivity index (χ1) is 10.6. The second-order valence-electron chi connectivity index (χ2n) is 6.15. The Labute approximate surface area is 136 Å². The number of hydrogen-bond donors (Lipinski definition) is 1. The van der Waals surface area contributed by atoms with E-state index in [1.54, 1.807) is 6.20 Å². The van der Waals surface area contributed by atoms with Gasteiger partial charge < -0.3 is 10.0 Å². The minimum Gasteiger partial charge on any atom is -0.389 e. The number of likely N-dealkylation sites (tertiary alicyclic amines) is 1. The van der Waals surface area contributed by atoms with Gasteiger partial charge in [-0.2, -0.15) is 0 Å². The van der Waals surface area contributed by atoms with Crippen molar-refractivity contribution < 1.29 is 5.11 Å². The van der Waals surface area contributed by atoms with Crippen LogP contribution < -0.4 is 0 Å². The molecule has 1 aromatic heterocycles. The van der Waals surface area contributed by atoms with Crippen molar-refractivity contribution >= 4 is 11.6 Å². The number of benzene rings is 1. The highest BCUT2D eigenvalue weighted by Gasteiger charge is 2.41. The lowest BCUT2D eigenvalue weighted by atomic mass is 9.74. The average molecular weight is 317 g/mol. The highest BCUT2D eigenvalue weighted by atomic mass is 35.5. The molecule has 1 N–H and O–H groups in total. The number of piperidine rings is 1. The third-order valence-electron chi connectivity index (χ3n) is 4.57. The zero-order valence-electron chi connectivity index (χ0n) is 12.7. The van der Waals surface area contributed by atoms with E-state index in [-0.39, 0.29) is 5.92 Å². The maximum atomic E-state index is 11.3. The summed E-state index contributed by atoms with van der Waals surface area (Å²) in [5.41, 5.74) is 1.21. The van der Waals surface area contributed by atoms with E-state index in [0.29, 0.717) is 5.02 Å².